The van der Waals surface area contributed by atoms with Crippen LogP contribution < -0.4 is 5.73 Å². The fraction of sp³-hybridized carbons (Fsp3) is 0.818. The van der Waals surface area contributed by atoms with Gasteiger partial charge in [-0.1, -0.05) is 26.2 Å². The van der Waals surface area contributed by atoms with Crippen LogP contribution in [0.4, 0.5) is 4.79 Å². The van der Waals surface area contributed by atoms with E-state index in [0.717, 1.165) is 12.8 Å². The maximum Gasteiger partial charge on any atom is 0.346 e. The number of rotatable bonds is 5. The zero-order valence-corrected chi connectivity index (χ0v) is 9.92. The van der Waals surface area contributed by atoms with Crippen molar-refractivity contribution in [2.24, 2.45) is 10.7 Å². The maximum absolute atomic E-state index is 11.5. The highest BCUT2D eigenvalue weighted by Crippen LogP contribution is 2.28. The molecule has 2 N–H and O–H groups in total. The summed E-state index contributed by atoms with van der Waals surface area (Å²) in [5.74, 6) is 0.477. The van der Waals surface area contributed by atoms with Gasteiger partial charge in [-0.2, -0.15) is 4.99 Å². The predicted octanol–water partition coefficient (Wildman–Crippen LogP) is 2.14. The van der Waals surface area contributed by atoms with Crippen LogP contribution in [0.2, 0.25) is 0 Å². The summed E-state index contributed by atoms with van der Waals surface area (Å²) in [6, 6.07) is -0.186. The third-order valence-electron chi connectivity index (χ3n) is 3.18. The van der Waals surface area contributed by atoms with E-state index in [9.17, 15) is 4.79 Å². The second-order valence-corrected chi connectivity index (χ2v) is 4.25. The number of carbonyl (C=O) groups is 1. The van der Waals surface area contributed by atoms with Crippen molar-refractivity contribution in [3.8, 4) is 0 Å². The first-order chi connectivity index (χ1) is 7.06. The number of likely N-dealkylation sites (N-methyl/N-ethyl adjacent to an activating group) is 1. The molecular formula is C11H21N3O. The number of aliphatic imine (C=N–C) groups is 1. The van der Waals surface area contributed by atoms with Crippen molar-refractivity contribution in [2.45, 2.75) is 52.0 Å². The van der Waals surface area contributed by atoms with Gasteiger partial charge >= 0.3 is 6.03 Å². The number of hydrogen-bond donors (Lipinski definition) is 1. The van der Waals surface area contributed by atoms with E-state index in [4.69, 9.17) is 5.73 Å². The van der Waals surface area contributed by atoms with Crippen molar-refractivity contribution in [2.75, 3.05) is 6.54 Å². The molecule has 0 bridgehead atoms. The van der Waals surface area contributed by atoms with Crippen LogP contribution in [0, 0.1) is 0 Å². The molecule has 0 spiro atoms. The number of amides is 2. The van der Waals surface area contributed by atoms with Gasteiger partial charge in [0.15, 0.2) is 0 Å². The van der Waals surface area contributed by atoms with Gasteiger partial charge in [-0.25, -0.2) is 4.79 Å². The van der Waals surface area contributed by atoms with E-state index in [2.05, 4.69) is 11.9 Å². The van der Waals surface area contributed by atoms with Crippen molar-refractivity contribution in [3.05, 3.63) is 0 Å². The molecule has 1 rings (SSSR count). The van der Waals surface area contributed by atoms with Crippen LogP contribution in [0.5, 0.6) is 0 Å². The molecule has 15 heavy (non-hydrogen) atoms. The first-order valence-corrected chi connectivity index (χ1v) is 5.72. The highest BCUT2D eigenvalue weighted by Gasteiger charge is 2.42. The normalized spacial score (nSPS) is 25.9. The fourth-order valence-electron chi connectivity index (χ4n) is 2.10. The van der Waals surface area contributed by atoms with Gasteiger partial charge < -0.3 is 10.6 Å². The Morgan fingerprint density at radius 1 is 1.40 bits per heavy atom. The topological polar surface area (TPSA) is 58.7 Å². The predicted molar refractivity (Wildman–Crippen MR) is 61.9 cm³/mol. The number of amidine groups is 1. The average Bonchev–Trinajstić information content (AvgIpc) is 2.38. The van der Waals surface area contributed by atoms with Crippen molar-refractivity contribution in [3.63, 3.8) is 0 Å². The lowest BCUT2D eigenvalue weighted by Gasteiger charge is -2.34. The quantitative estimate of drug-likeness (QED) is 0.708. The SMILES string of the molecule is CCCCCC1(C)C(N)=NC(=O)N1CC. The van der Waals surface area contributed by atoms with Crippen LogP contribution >= 0.6 is 0 Å². The third kappa shape index (κ3) is 2.13. The Morgan fingerprint density at radius 2 is 2.07 bits per heavy atom. The van der Waals surface area contributed by atoms with Crippen LogP contribution in [0.25, 0.3) is 0 Å². The summed E-state index contributed by atoms with van der Waals surface area (Å²) < 4.78 is 0. The molecule has 4 nitrogen and oxygen atoms in total. The van der Waals surface area contributed by atoms with Crippen LogP contribution in [0.3, 0.4) is 0 Å². The van der Waals surface area contributed by atoms with Crippen molar-refractivity contribution in [1.29, 1.82) is 0 Å². The van der Waals surface area contributed by atoms with Crippen LogP contribution in [-0.2, 0) is 0 Å². The molecular weight excluding hydrogens is 190 g/mol. The molecule has 0 aromatic rings. The molecule has 0 saturated heterocycles. The Morgan fingerprint density at radius 3 is 2.60 bits per heavy atom. The second-order valence-electron chi connectivity index (χ2n) is 4.25. The number of nitrogens with zero attached hydrogens (tertiary/aromatic N) is 2. The van der Waals surface area contributed by atoms with Crippen molar-refractivity contribution < 1.29 is 4.79 Å². The lowest BCUT2D eigenvalue weighted by molar-refractivity contribution is 0.176. The van der Waals surface area contributed by atoms with Gasteiger partial charge in [0.05, 0.1) is 5.54 Å². The minimum Gasteiger partial charge on any atom is -0.385 e. The van der Waals surface area contributed by atoms with Gasteiger partial charge in [0.1, 0.15) is 5.84 Å². The number of unbranched alkanes of at least 4 members (excludes halogenated alkanes) is 2. The second kappa shape index (κ2) is 4.64. The highest BCUT2D eigenvalue weighted by molar-refractivity contribution is 6.05. The summed E-state index contributed by atoms with van der Waals surface area (Å²) in [5, 5.41) is 0. The first-order valence-electron chi connectivity index (χ1n) is 5.72. The van der Waals surface area contributed by atoms with Crippen LogP contribution in [0.15, 0.2) is 4.99 Å². The molecule has 1 heterocycles. The summed E-state index contributed by atoms with van der Waals surface area (Å²) in [6.07, 6.45) is 4.35. The van der Waals surface area contributed by atoms with Gasteiger partial charge in [0, 0.05) is 6.54 Å². The standard InChI is InChI=1S/C11H21N3O/c1-4-6-7-8-11(3)9(12)13-10(15)14(11)5-2/h4-8H2,1-3H3,(H2,12,13,15). The zero-order valence-electron chi connectivity index (χ0n) is 9.92. The molecule has 1 aliphatic heterocycles. The monoisotopic (exact) mass is 211 g/mol. The van der Waals surface area contributed by atoms with Crippen molar-refractivity contribution in [1.82, 2.24) is 4.90 Å². The number of hydrogen-bond acceptors (Lipinski definition) is 2. The molecule has 0 aromatic heterocycles. The molecule has 0 aromatic carbocycles. The molecule has 2 amide bonds. The lowest BCUT2D eigenvalue weighted by atomic mass is 9.92. The van der Waals surface area contributed by atoms with Gasteiger partial charge in [-0.05, 0) is 20.3 Å². The third-order valence-corrected chi connectivity index (χ3v) is 3.18. The molecule has 86 valence electrons. The molecule has 0 radical (unpaired) electrons. The van der Waals surface area contributed by atoms with Gasteiger partial charge in [-0.15, -0.1) is 0 Å². The number of urea groups is 1. The van der Waals surface area contributed by atoms with Crippen LogP contribution in [0.1, 0.15) is 46.5 Å². The van der Waals surface area contributed by atoms with E-state index in [1.165, 1.54) is 12.8 Å². The van der Waals surface area contributed by atoms with Crippen LogP contribution in [-0.4, -0.2) is 28.9 Å². The molecule has 0 aliphatic carbocycles. The van der Waals surface area contributed by atoms with Gasteiger partial charge in [0.25, 0.3) is 0 Å². The smallest absolute Gasteiger partial charge is 0.346 e. The molecule has 4 heteroatoms. The summed E-state index contributed by atoms with van der Waals surface area (Å²) in [4.78, 5) is 17.1. The number of nitrogens with two attached hydrogens (primary N) is 1. The summed E-state index contributed by atoms with van der Waals surface area (Å²) in [7, 11) is 0. The first kappa shape index (κ1) is 12.0. The number of carbonyl (C=O) groups excluding carboxylic acids is 1. The summed E-state index contributed by atoms with van der Waals surface area (Å²) in [5.41, 5.74) is 5.49. The zero-order chi connectivity index (χ0) is 11.5. The summed E-state index contributed by atoms with van der Waals surface area (Å²) in [6.45, 7) is 6.81. The van der Waals surface area contributed by atoms with Crippen molar-refractivity contribution >= 4 is 11.9 Å². The Hall–Kier alpha value is -1.06. The van der Waals surface area contributed by atoms with E-state index >= 15 is 0 Å². The van der Waals surface area contributed by atoms with Gasteiger partial charge in [0.2, 0.25) is 0 Å². The minimum absolute atomic E-state index is 0.186. The van der Waals surface area contributed by atoms with E-state index in [1.807, 2.05) is 13.8 Å². The maximum atomic E-state index is 11.5. The lowest BCUT2D eigenvalue weighted by Crippen LogP contribution is -2.51. The minimum atomic E-state index is -0.346. The Bertz CT molecular complexity index is 275. The molecule has 1 atom stereocenters. The van der Waals surface area contributed by atoms with E-state index < -0.39 is 0 Å². The molecule has 0 fully saturated rings. The molecule has 1 unspecified atom stereocenters. The largest absolute Gasteiger partial charge is 0.385 e. The van der Waals surface area contributed by atoms with E-state index in [0.29, 0.717) is 12.4 Å². The highest BCUT2D eigenvalue weighted by atomic mass is 16.2. The summed E-state index contributed by atoms with van der Waals surface area (Å²) >= 11 is 0. The van der Waals surface area contributed by atoms with Gasteiger partial charge in [-0.3, -0.25) is 0 Å². The average molecular weight is 211 g/mol. The Balaban J connectivity index is 2.71. The fourth-order valence-corrected chi connectivity index (χ4v) is 2.10. The molecule has 0 saturated carbocycles. The van der Waals surface area contributed by atoms with E-state index in [-0.39, 0.29) is 11.6 Å². The van der Waals surface area contributed by atoms with E-state index in [1.54, 1.807) is 4.90 Å². The Kier molecular flexibility index (Phi) is 3.72. The molecule has 1 aliphatic rings. The Labute approximate surface area is 91.5 Å².